The Hall–Kier alpha value is -1.73. The number of rotatable bonds is 4. The van der Waals surface area contributed by atoms with Gasteiger partial charge in [-0.1, -0.05) is 0 Å². The van der Waals surface area contributed by atoms with Crippen molar-refractivity contribution in [1.29, 1.82) is 0 Å². The number of aromatic amines is 1. The molecule has 1 saturated heterocycles. The Morgan fingerprint density at radius 1 is 1.36 bits per heavy atom. The second kappa shape index (κ2) is 5.92. The predicted octanol–water partition coefficient (Wildman–Crippen LogP) is 2.14. The van der Waals surface area contributed by atoms with Crippen molar-refractivity contribution in [2.75, 3.05) is 13.1 Å². The molecule has 0 radical (unpaired) electrons. The summed E-state index contributed by atoms with van der Waals surface area (Å²) in [6, 6.07) is 0.333. The Morgan fingerprint density at radius 3 is 3.04 bits per heavy atom. The van der Waals surface area contributed by atoms with E-state index in [1.165, 1.54) is 0 Å². The maximum absolute atomic E-state index is 13.4. The lowest BCUT2D eigenvalue weighted by molar-refractivity contribution is 0.0685. The number of hydrogen-bond donors (Lipinski definition) is 2. The summed E-state index contributed by atoms with van der Waals surface area (Å²) in [5.41, 5.74) is 3.27. The number of aryl methyl sites for hydroxylation is 1. The first kappa shape index (κ1) is 15.5. The predicted molar refractivity (Wildman–Crippen MR) is 95.5 cm³/mol. The maximum atomic E-state index is 13.4. The molecule has 2 N–H and O–H groups in total. The zero-order chi connectivity index (χ0) is 16.9. The molecule has 2 aromatic rings. The van der Waals surface area contributed by atoms with Crippen LogP contribution in [-0.4, -0.2) is 45.1 Å². The van der Waals surface area contributed by atoms with Gasteiger partial charge in [-0.2, -0.15) is 5.10 Å². The summed E-state index contributed by atoms with van der Waals surface area (Å²) in [7, 11) is 0. The highest BCUT2D eigenvalue weighted by Crippen LogP contribution is 2.56. The topological polar surface area (TPSA) is 73.9 Å². The fraction of sp³-hybridized carbons (Fsp3) is 0.611. The van der Waals surface area contributed by atoms with Gasteiger partial charge in [-0.25, -0.2) is 4.98 Å². The minimum absolute atomic E-state index is 0.0926. The molecular weight excluding hydrogens is 334 g/mol. The summed E-state index contributed by atoms with van der Waals surface area (Å²) in [6.07, 6.45) is 8.38. The quantitative estimate of drug-likeness (QED) is 0.879. The molecule has 1 spiro atoms. The molecule has 1 amide bonds. The van der Waals surface area contributed by atoms with Crippen molar-refractivity contribution >= 4 is 17.2 Å². The number of aromatic nitrogens is 3. The first-order valence-corrected chi connectivity index (χ1v) is 10.1. The van der Waals surface area contributed by atoms with E-state index in [1.807, 2.05) is 11.6 Å². The van der Waals surface area contributed by atoms with Gasteiger partial charge in [0.1, 0.15) is 5.01 Å². The van der Waals surface area contributed by atoms with Gasteiger partial charge in [-0.05, 0) is 57.0 Å². The number of carbonyl (C=O) groups excluding carboxylic acids is 1. The molecule has 7 heteroatoms. The fourth-order valence-corrected chi connectivity index (χ4v) is 5.28. The van der Waals surface area contributed by atoms with Crippen molar-refractivity contribution in [3.05, 3.63) is 33.5 Å². The Bertz CT molecular complexity index is 777. The van der Waals surface area contributed by atoms with Gasteiger partial charge in [-0.15, -0.1) is 11.3 Å². The second-order valence-corrected chi connectivity index (χ2v) is 8.55. The molecule has 3 aliphatic rings. The van der Waals surface area contributed by atoms with Crippen molar-refractivity contribution in [1.82, 2.24) is 25.4 Å². The van der Waals surface area contributed by atoms with Crippen LogP contribution < -0.4 is 5.32 Å². The van der Waals surface area contributed by atoms with Gasteiger partial charge in [0.05, 0.1) is 6.54 Å². The summed E-state index contributed by atoms with van der Waals surface area (Å²) in [6.45, 7) is 2.74. The van der Waals surface area contributed by atoms with Gasteiger partial charge in [0.15, 0.2) is 5.69 Å². The highest BCUT2D eigenvalue weighted by Gasteiger charge is 2.58. The highest BCUT2D eigenvalue weighted by molar-refractivity contribution is 7.09. The first-order chi connectivity index (χ1) is 12.3. The normalized spacial score (nSPS) is 23.6. The number of nitrogens with one attached hydrogen (secondary N) is 2. The van der Waals surface area contributed by atoms with E-state index in [4.69, 9.17) is 0 Å². The van der Waals surface area contributed by atoms with Crippen LogP contribution in [-0.2, 0) is 19.4 Å². The van der Waals surface area contributed by atoms with E-state index in [9.17, 15) is 4.79 Å². The molecule has 2 fully saturated rings. The molecule has 132 valence electrons. The van der Waals surface area contributed by atoms with Crippen LogP contribution in [0.15, 0.2) is 11.6 Å². The SMILES string of the molecule is O=C(c1n[nH]c2c1CCC2)N(Cc1nccs1)C1CC12CCNCC2. The average molecular weight is 357 g/mol. The van der Waals surface area contributed by atoms with E-state index in [0.29, 0.717) is 23.7 Å². The molecule has 2 aromatic heterocycles. The summed E-state index contributed by atoms with van der Waals surface area (Å²) in [5.74, 6) is 0.0926. The molecule has 2 aliphatic carbocycles. The number of piperidine rings is 1. The third-order valence-corrected chi connectivity index (χ3v) is 6.95. The second-order valence-electron chi connectivity index (χ2n) is 7.57. The highest BCUT2D eigenvalue weighted by atomic mass is 32.1. The van der Waals surface area contributed by atoms with Gasteiger partial charge in [-0.3, -0.25) is 9.89 Å². The molecular formula is C18H23N5OS. The largest absolute Gasteiger partial charge is 0.327 e. The number of carbonyl (C=O) groups is 1. The first-order valence-electron chi connectivity index (χ1n) is 9.23. The third-order valence-electron chi connectivity index (χ3n) is 6.18. The van der Waals surface area contributed by atoms with Gasteiger partial charge in [0, 0.05) is 28.9 Å². The lowest BCUT2D eigenvalue weighted by Crippen LogP contribution is -2.39. The van der Waals surface area contributed by atoms with E-state index >= 15 is 0 Å². The molecule has 0 aromatic carbocycles. The molecule has 1 atom stereocenters. The number of H-pyrrole nitrogens is 1. The van der Waals surface area contributed by atoms with Crippen molar-refractivity contribution < 1.29 is 4.79 Å². The van der Waals surface area contributed by atoms with Crippen LogP contribution in [0.2, 0.25) is 0 Å². The van der Waals surface area contributed by atoms with Crippen molar-refractivity contribution in [3.63, 3.8) is 0 Å². The van der Waals surface area contributed by atoms with Crippen molar-refractivity contribution in [2.24, 2.45) is 5.41 Å². The number of thiazole rings is 1. The van der Waals surface area contributed by atoms with Crippen LogP contribution in [0.1, 0.15) is 52.4 Å². The lowest BCUT2D eigenvalue weighted by Gasteiger charge is -2.29. The van der Waals surface area contributed by atoms with E-state index in [0.717, 1.165) is 67.9 Å². The minimum Gasteiger partial charge on any atom is -0.327 e. The fourth-order valence-electron chi connectivity index (χ4n) is 4.66. The molecule has 1 unspecified atom stereocenters. The molecule has 1 saturated carbocycles. The molecule has 5 rings (SSSR count). The Morgan fingerprint density at radius 2 is 2.24 bits per heavy atom. The Kier molecular flexibility index (Phi) is 3.67. The Balaban J connectivity index is 1.44. The van der Waals surface area contributed by atoms with Crippen LogP contribution >= 0.6 is 11.3 Å². The van der Waals surface area contributed by atoms with E-state index in [1.54, 1.807) is 11.3 Å². The number of nitrogens with zero attached hydrogens (tertiary/aromatic N) is 3. The minimum atomic E-state index is 0.0926. The number of hydrogen-bond acceptors (Lipinski definition) is 5. The Labute approximate surface area is 151 Å². The summed E-state index contributed by atoms with van der Waals surface area (Å²) in [4.78, 5) is 19.9. The summed E-state index contributed by atoms with van der Waals surface area (Å²) < 4.78 is 0. The van der Waals surface area contributed by atoms with Crippen LogP contribution in [0.3, 0.4) is 0 Å². The van der Waals surface area contributed by atoms with Crippen molar-refractivity contribution in [3.8, 4) is 0 Å². The molecule has 0 bridgehead atoms. The number of fused-ring (bicyclic) bond motifs is 1. The van der Waals surface area contributed by atoms with Crippen LogP contribution in [0.25, 0.3) is 0 Å². The van der Waals surface area contributed by atoms with Crippen LogP contribution in [0.4, 0.5) is 0 Å². The summed E-state index contributed by atoms with van der Waals surface area (Å²) in [5, 5.41) is 13.9. The van der Waals surface area contributed by atoms with Gasteiger partial charge in [0.25, 0.3) is 5.91 Å². The third kappa shape index (κ3) is 2.60. The number of amides is 1. The molecule has 25 heavy (non-hydrogen) atoms. The van der Waals surface area contributed by atoms with Gasteiger partial charge >= 0.3 is 0 Å². The van der Waals surface area contributed by atoms with Gasteiger partial charge in [0.2, 0.25) is 0 Å². The molecule has 6 nitrogen and oxygen atoms in total. The average Bonchev–Trinajstić information content (AvgIpc) is 3.10. The van der Waals surface area contributed by atoms with Crippen LogP contribution in [0, 0.1) is 5.41 Å². The molecule has 3 heterocycles. The molecule has 1 aliphatic heterocycles. The van der Waals surface area contributed by atoms with Crippen LogP contribution in [0.5, 0.6) is 0 Å². The van der Waals surface area contributed by atoms with E-state index in [2.05, 4.69) is 25.4 Å². The van der Waals surface area contributed by atoms with Crippen molar-refractivity contribution in [2.45, 2.75) is 51.1 Å². The smallest absolute Gasteiger partial charge is 0.275 e. The van der Waals surface area contributed by atoms with E-state index < -0.39 is 0 Å². The standard InChI is InChI=1S/C18H23N5OS/c24-17(16-12-2-1-3-13(12)21-22-16)23(11-15-20-8-9-25-15)14-10-18(14)4-6-19-7-5-18/h8-9,14,19H,1-7,10-11H2,(H,21,22). The zero-order valence-electron chi connectivity index (χ0n) is 14.3. The lowest BCUT2D eigenvalue weighted by atomic mass is 9.93. The van der Waals surface area contributed by atoms with Gasteiger partial charge < -0.3 is 10.2 Å². The van der Waals surface area contributed by atoms with E-state index in [-0.39, 0.29) is 5.91 Å². The summed E-state index contributed by atoms with van der Waals surface area (Å²) >= 11 is 1.63. The zero-order valence-corrected chi connectivity index (χ0v) is 15.1. The monoisotopic (exact) mass is 357 g/mol. The maximum Gasteiger partial charge on any atom is 0.275 e.